The Hall–Kier alpha value is -2.68. The van der Waals surface area contributed by atoms with E-state index in [2.05, 4.69) is 4.98 Å². The van der Waals surface area contributed by atoms with E-state index in [0.29, 0.717) is 11.5 Å². The van der Waals surface area contributed by atoms with Gasteiger partial charge in [-0.25, -0.2) is 9.37 Å². The molecule has 0 amide bonds. The van der Waals surface area contributed by atoms with Gasteiger partial charge in [0.2, 0.25) is 5.89 Å². The Balaban J connectivity index is 1.94. The van der Waals surface area contributed by atoms with Crippen LogP contribution in [0.25, 0.3) is 33.3 Å². The SMILES string of the molecule is Fc1cccc2oc(-c3ccc4ccccc4c3)nc12. The third-order valence-corrected chi connectivity index (χ3v) is 3.37. The first-order valence-electron chi connectivity index (χ1n) is 6.35. The van der Waals surface area contributed by atoms with E-state index in [1.54, 1.807) is 12.1 Å². The summed E-state index contributed by atoms with van der Waals surface area (Å²) in [6.07, 6.45) is 0. The monoisotopic (exact) mass is 263 g/mol. The van der Waals surface area contributed by atoms with Gasteiger partial charge in [0.05, 0.1) is 0 Å². The molecule has 0 atom stereocenters. The molecule has 0 aliphatic carbocycles. The van der Waals surface area contributed by atoms with E-state index in [9.17, 15) is 4.39 Å². The predicted octanol–water partition coefficient (Wildman–Crippen LogP) is 4.79. The summed E-state index contributed by atoms with van der Waals surface area (Å²) < 4.78 is 19.3. The molecule has 0 radical (unpaired) electrons. The fourth-order valence-corrected chi connectivity index (χ4v) is 2.36. The maximum atomic E-state index is 13.6. The number of rotatable bonds is 1. The van der Waals surface area contributed by atoms with E-state index in [1.165, 1.54) is 6.07 Å². The lowest BCUT2D eigenvalue weighted by Gasteiger charge is -1.99. The molecule has 4 aromatic rings. The van der Waals surface area contributed by atoms with E-state index >= 15 is 0 Å². The summed E-state index contributed by atoms with van der Waals surface area (Å²) in [5.74, 6) is 0.0779. The predicted molar refractivity (Wildman–Crippen MR) is 76.9 cm³/mol. The summed E-state index contributed by atoms with van der Waals surface area (Å²) in [7, 11) is 0. The Morgan fingerprint density at radius 3 is 2.55 bits per heavy atom. The van der Waals surface area contributed by atoms with Gasteiger partial charge in [-0.2, -0.15) is 0 Å². The average Bonchev–Trinajstić information content (AvgIpc) is 2.92. The van der Waals surface area contributed by atoms with Crippen molar-refractivity contribution < 1.29 is 8.81 Å². The molecule has 0 saturated heterocycles. The number of hydrogen-bond donors (Lipinski definition) is 0. The van der Waals surface area contributed by atoms with Crippen LogP contribution in [0.15, 0.2) is 65.1 Å². The van der Waals surface area contributed by atoms with E-state index in [4.69, 9.17) is 4.42 Å². The van der Waals surface area contributed by atoms with Crippen molar-refractivity contribution in [3.63, 3.8) is 0 Å². The van der Waals surface area contributed by atoms with Crippen molar-refractivity contribution in [3.05, 3.63) is 66.5 Å². The molecule has 4 rings (SSSR count). The molecule has 3 aromatic carbocycles. The zero-order valence-corrected chi connectivity index (χ0v) is 10.5. The number of benzene rings is 3. The first-order valence-corrected chi connectivity index (χ1v) is 6.35. The van der Waals surface area contributed by atoms with Crippen LogP contribution in [-0.2, 0) is 0 Å². The van der Waals surface area contributed by atoms with Crippen molar-refractivity contribution in [2.75, 3.05) is 0 Å². The smallest absolute Gasteiger partial charge is 0.227 e. The van der Waals surface area contributed by atoms with E-state index < -0.39 is 0 Å². The molecule has 3 heteroatoms. The quantitative estimate of drug-likeness (QED) is 0.493. The zero-order valence-electron chi connectivity index (χ0n) is 10.5. The Kier molecular flexibility index (Phi) is 2.33. The Morgan fingerprint density at radius 2 is 1.70 bits per heavy atom. The highest BCUT2D eigenvalue weighted by atomic mass is 19.1. The van der Waals surface area contributed by atoms with E-state index in [1.807, 2.05) is 42.5 Å². The van der Waals surface area contributed by atoms with Crippen LogP contribution < -0.4 is 0 Å². The minimum atomic E-state index is -0.363. The molecule has 0 fully saturated rings. The van der Waals surface area contributed by atoms with Gasteiger partial charge in [0.25, 0.3) is 0 Å². The minimum absolute atomic E-state index is 0.274. The summed E-state index contributed by atoms with van der Waals surface area (Å²) in [4.78, 5) is 4.25. The van der Waals surface area contributed by atoms with Gasteiger partial charge >= 0.3 is 0 Å². The van der Waals surface area contributed by atoms with Crippen molar-refractivity contribution in [2.24, 2.45) is 0 Å². The van der Waals surface area contributed by atoms with Crippen LogP contribution in [0, 0.1) is 5.82 Å². The van der Waals surface area contributed by atoms with Crippen LogP contribution in [0.4, 0.5) is 4.39 Å². The lowest BCUT2D eigenvalue weighted by Crippen LogP contribution is -1.79. The Labute approximate surface area is 114 Å². The maximum Gasteiger partial charge on any atom is 0.227 e. The molecule has 1 heterocycles. The Morgan fingerprint density at radius 1 is 0.850 bits per heavy atom. The zero-order chi connectivity index (χ0) is 13.5. The van der Waals surface area contributed by atoms with Gasteiger partial charge in [0, 0.05) is 5.56 Å². The molecule has 0 aliphatic rings. The van der Waals surface area contributed by atoms with Gasteiger partial charge in [0.1, 0.15) is 5.52 Å². The molecule has 0 bridgehead atoms. The van der Waals surface area contributed by atoms with Crippen LogP contribution in [0.5, 0.6) is 0 Å². The highest BCUT2D eigenvalue weighted by Gasteiger charge is 2.11. The first-order chi connectivity index (χ1) is 9.81. The summed E-state index contributed by atoms with van der Waals surface area (Å²) in [6, 6.07) is 18.7. The summed E-state index contributed by atoms with van der Waals surface area (Å²) in [6.45, 7) is 0. The van der Waals surface area contributed by atoms with Gasteiger partial charge in [-0.1, -0.05) is 36.4 Å². The molecule has 96 valence electrons. The van der Waals surface area contributed by atoms with Crippen LogP contribution in [-0.4, -0.2) is 4.98 Å². The van der Waals surface area contributed by atoms with E-state index in [-0.39, 0.29) is 11.3 Å². The molecule has 0 saturated carbocycles. The second-order valence-corrected chi connectivity index (χ2v) is 4.67. The van der Waals surface area contributed by atoms with Crippen LogP contribution in [0.3, 0.4) is 0 Å². The molecule has 0 spiro atoms. The highest BCUT2D eigenvalue weighted by molar-refractivity contribution is 5.87. The first kappa shape index (κ1) is 11.2. The molecular weight excluding hydrogens is 253 g/mol. The molecule has 1 aromatic heterocycles. The molecular formula is C17H10FNO. The normalized spacial score (nSPS) is 11.2. The maximum absolute atomic E-state index is 13.6. The van der Waals surface area contributed by atoms with Crippen molar-refractivity contribution in [1.29, 1.82) is 0 Å². The van der Waals surface area contributed by atoms with Crippen molar-refractivity contribution >= 4 is 21.9 Å². The number of oxazole rings is 1. The third kappa shape index (κ3) is 1.67. The highest BCUT2D eigenvalue weighted by Crippen LogP contribution is 2.28. The molecule has 2 nitrogen and oxygen atoms in total. The number of hydrogen-bond acceptors (Lipinski definition) is 2. The van der Waals surface area contributed by atoms with Crippen LogP contribution in [0.2, 0.25) is 0 Å². The molecule has 0 N–H and O–H groups in total. The number of nitrogens with zero attached hydrogens (tertiary/aromatic N) is 1. The minimum Gasteiger partial charge on any atom is -0.436 e. The second kappa shape index (κ2) is 4.17. The second-order valence-electron chi connectivity index (χ2n) is 4.67. The molecule has 20 heavy (non-hydrogen) atoms. The summed E-state index contributed by atoms with van der Waals surface area (Å²) >= 11 is 0. The lowest BCUT2D eigenvalue weighted by atomic mass is 10.1. The molecule has 0 unspecified atom stereocenters. The fraction of sp³-hybridized carbons (Fsp3) is 0. The number of halogens is 1. The fourth-order valence-electron chi connectivity index (χ4n) is 2.36. The number of fused-ring (bicyclic) bond motifs is 2. The number of aromatic nitrogens is 1. The van der Waals surface area contributed by atoms with E-state index in [0.717, 1.165) is 16.3 Å². The Bertz CT molecular complexity index is 926. The largest absolute Gasteiger partial charge is 0.436 e. The van der Waals surface area contributed by atoms with Gasteiger partial charge in [-0.3, -0.25) is 0 Å². The summed E-state index contributed by atoms with van der Waals surface area (Å²) in [5.41, 5.74) is 1.59. The third-order valence-electron chi connectivity index (χ3n) is 3.37. The molecule has 0 aliphatic heterocycles. The van der Waals surface area contributed by atoms with Crippen molar-refractivity contribution in [3.8, 4) is 11.5 Å². The van der Waals surface area contributed by atoms with Crippen LogP contribution in [0.1, 0.15) is 0 Å². The van der Waals surface area contributed by atoms with Gasteiger partial charge in [-0.15, -0.1) is 0 Å². The van der Waals surface area contributed by atoms with Crippen molar-refractivity contribution in [1.82, 2.24) is 4.98 Å². The van der Waals surface area contributed by atoms with Crippen LogP contribution >= 0.6 is 0 Å². The lowest BCUT2D eigenvalue weighted by molar-refractivity contribution is 0.617. The van der Waals surface area contributed by atoms with Gasteiger partial charge < -0.3 is 4.42 Å². The van der Waals surface area contributed by atoms with Crippen molar-refractivity contribution in [2.45, 2.75) is 0 Å². The summed E-state index contributed by atoms with van der Waals surface area (Å²) in [5, 5.41) is 2.26. The van der Waals surface area contributed by atoms with Gasteiger partial charge in [-0.05, 0) is 35.0 Å². The average molecular weight is 263 g/mol. The van der Waals surface area contributed by atoms with Gasteiger partial charge in [0.15, 0.2) is 11.4 Å². The standard InChI is InChI=1S/C17H10FNO/c18-14-6-3-7-15-16(14)19-17(20-15)13-9-8-11-4-1-2-5-12(11)10-13/h1-10H. The number of para-hydroxylation sites is 1. The topological polar surface area (TPSA) is 26.0 Å².